The fourth-order valence-electron chi connectivity index (χ4n) is 1.77. The topological polar surface area (TPSA) is 12.0 Å². The summed E-state index contributed by atoms with van der Waals surface area (Å²) in [6.07, 6.45) is 5.16. The minimum absolute atomic E-state index is 0.184. The van der Waals surface area contributed by atoms with E-state index in [1.54, 1.807) is 6.07 Å². The van der Waals surface area contributed by atoms with Gasteiger partial charge in [-0.25, -0.2) is 4.39 Å². The van der Waals surface area contributed by atoms with Gasteiger partial charge in [0.2, 0.25) is 0 Å². The molecule has 18 heavy (non-hydrogen) atoms. The Balaban J connectivity index is 2.40. The molecule has 0 aromatic heterocycles. The molecule has 0 fully saturated rings. The Hall–Kier alpha value is -0.860. The Kier molecular flexibility index (Phi) is 6.99. The Morgan fingerprint density at radius 3 is 2.83 bits per heavy atom. The fourth-order valence-corrected chi connectivity index (χ4v) is 1.88. The molecule has 0 atom stereocenters. The highest BCUT2D eigenvalue weighted by atomic mass is 35.5. The number of halogens is 2. The van der Waals surface area contributed by atoms with E-state index >= 15 is 0 Å². The summed E-state index contributed by atoms with van der Waals surface area (Å²) in [6.45, 7) is 6.30. The van der Waals surface area contributed by atoms with E-state index in [4.69, 9.17) is 11.6 Å². The van der Waals surface area contributed by atoms with Gasteiger partial charge in [-0.05, 0) is 57.0 Å². The van der Waals surface area contributed by atoms with Gasteiger partial charge in [-0.3, -0.25) is 0 Å². The molecule has 1 nitrogen and oxygen atoms in total. The summed E-state index contributed by atoms with van der Waals surface area (Å²) in [6, 6.07) is 5.00. The van der Waals surface area contributed by atoms with Crippen LogP contribution >= 0.6 is 11.6 Å². The lowest BCUT2D eigenvalue weighted by Crippen LogP contribution is -2.15. The summed E-state index contributed by atoms with van der Waals surface area (Å²) in [5.41, 5.74) is 2.22. The van der Waals surface area contributed by atoms with E-state index < -0.39 is 0 Å². The second-order valence-electron chi connectivity index (χ2n) is 4.51. The maximum atomic E-state index is 13.3. The molecule has 1 aromatic carbocycles. The maximum Gasteiger partial charge on any atom is 0.142 e. The van der Waals surface area contributed by atoms with Gasteiger partial charge in [-0.1, -0.05) is 36.2 Å². The molecule has 0 aliphatic rings. The smallest absolute Gasteiger partial charge is 0.142 e. The Morgan fingerprint density at radius 2 is 2.17 bits per heavy atom. The van der Waals surface area contributed by atoms with E-state index in [0.29, 0.717) is 0 Å². The molecule has 0 aliphatic heterocycles. The predicted octanol–water partition coefficient (Wildman–Crippen LogP) is 4.36. The molecule has 0 aliphatic carbocycles. The van der Waals surface area contributed by atoms with Crippen LogP contribution in [0.2, 0.25) is 5.02 Å². The first-order chi connectivity index (χ1) is 8.63. The van der Waals surface area contributed by atoms with Gasteiger partial charge < -0.3 is 5.32 Å². The molecule has 1 N–H and O–H groups in total. The van der Waals surface area contributed by atoms with Crippen LogP contribution in [0.1, 0.15) is 32.3 Å². The SMILES string of the molecule is CCCNCC/C=C(/C)Cc1ccc(Cl)c(F)c1. The van der Waals surface area contributed by atoms with Crippen molar-refractivity contribution in [2.24, 2.45) is 0 Å². The normalized spacial score (nSPS) is 11.9. The summed E-state index contributed by atoms with van der Waals surface area (Å²) in [7, 11) is 0. The predicted molar refractivity (Wildman–Crippen MR) is 76.6 cm³/mol. The number of benzene rings is 1. The van der Waals surface area contributed by atoms with Crippen LogP contribution in [-0.4, -0.2) is 13.1 Å². The molecule has 0 heterocycles. The highest BCUT2D eigenvalue weighted by Crippen LogP contribution is 2.17. The number of nitrogens with one attached hydrogen (secondary N) is 1. The first-order valence-electron chi connectivity index (χ1n) is 6.43. The van der Waals surface area contributed by atoms with Gasteiger partial charge in [0.05, 0.1) is 5.02 Å². The van der Waals surface area contributed by atoms with E-state index in [0.717, 1.165) is 37.9 Å². The average Bonchev–Trinajstić information content (AvgIpc) is 2.34. The lowest BCUT2D eigenvalue weighted by atomic mass is 10.1. The monoisotopic (exact) mass is 269 g/mol. The van der Waals surface area contributed by atoms with Crippen LogP contribution in [0, 0.1) is 5.82 Å². The number of hydrogen-bond acceptors (Lipinski definition) is 1. The Labute approximate surface area is 114 Å². The van der Waals surface area contributed by atoms with Gasteiger partial charge in [-0.15, -0.1) is 0 Å². The Bertz CT molecular complexity index is 401. The zero-order valence-corrected chi connectivity index (χ0v) is 11.9. The van der Waals surface area contributed by atoms with Crippen molar-refractivity contribution in [1.82, 2.24) is 5.32 Å². The minimum Gasteiger partial charge on any atom is -0.316 e. The molecule has 0 saturated heterocycles. The van der Waals surface area contributed by atoms with E-state index in [1.165, 1.54) is 11.6 Å². The van der Waals surface area contributed by atoms with Crippen LogP contribution in [0.4, 0.5) is 4.39 Å². The summed E-state index contributed by atoms with van der Waals surface area (Å²) < 4.78 is 13.3. The molecule has 0 unspecified atom stereocenters. The van der Waals surface area contributed by atoms with Gasteiger partial charge in [0.25, 0.3) is 0 Å². The third kappa shape index (κ3) is 5.65. The van der Waals surface area contributed by atoms with Crippen molar-refractivity contribution >= 4 is 11.6 Å². The van der Waals surface area contributed by atoms with Crippen molar-refractivity contribution in [2.45, 2.75) is 33.1 Å². The van der Waals surface area contributed by atoms with Crippen LogP contribution < -0.4 is 5.32 Å². The highest BCUT2D eigenvalue weighted by molar-refractivity contribution is 6.30. The largest absolute Gasteiger partial charge is 0.316 e. The van der Waals surface area contributed by atoms with Crippen molar-refractivity contribution < 1.29 is 4.39 Å². The zero-order chi connectivity index (χ0) is 13.4. The minimum atomic E-state index is -0.341. The molecule has 0 radical (unpaired) electrons. The standard InChI is InChI=1S/C15H21ClFN/c1-3-8-18-9-4-5-12(2)10-13-6-7-14(16)15(17)11-13/h5-7,11,18H,3-4,8-10H2,1-2H3/b12-5-. The molecule has 3 heteroatoms. The second-order valence-corrected chi connectivity index (χ2v) is 4.92. The van der Waals surface area contributed by atoms with Crippen molar-refractivity contribution in [3.8, 4) is 0 Å². The van der Waals surface area contributed by atoms with Crippen molar-refractivity contribution in [2.75, 3.05) is 13.1 Å². The van der Waals surface area contributed by atoms with Gasteiger partial charge in [0, 0.05) is 0 Å². The molecular formula is C15H21ClFN. The second kappa shape index (κ2) is 8.28. The molecule has 0 amide bonds. The number of rotatable bonds is 7. The van der Waals surface area contributed by atoms with Crippen LogP contribution in [-0.2, 0) is 6.42 Å². The zero-order valence-electron chi connectivity index (χ0n) is 11.1. The van der Waals surface area contributed by atoms with Crippen molar-refractivity contribution in [1.29, 1.82) is 0 Å². The molecule has 0 spiro atoms. The lowest BCUT2D eigenvalue weighted by molar-refractivity contribution is 0.626. The van der Waals surface area contributed by atoms with E-state index in [-0.39, 0.29) is 10.8 Å². The van der Waals surface area contributed by atoms with E-state index in [9.17, 15) is 4.39 Å². The van der Waals surface area contributed by atoms with Gasteiger partial charge in [0.1, 0.15) is 5.82 Å². The summed E-state index contributed by atoms with van der Waals surface area (Å²) in [5.74, 6) is -0.341. The van der Waals surface area contributed by atoms with Crippen LogP contribution in [0.3, 0.4) is 0 Å². The van der Waals surface area contributed by atoms with E-state index in [1.807, 2.05) is 6.07 Å². The van der Waals surface area contributed by atoms with Gasteiger partial charge >= 0.3 is 0 Å². The third-order valence-electron chi connectivity index (χ3n) is 2.71. The van der Waals surface area contributed by atoms with E-state index in [2.05, 4.69) is 25.2 Å². The summed E-state index contributed by atoms with van der Waals surface area (Å²) in [4.78, 5) is 0. The third-order valence-corrected chi connectivity index (χ3v) is 3.01. The summed E-state index contributed by atoms with van der Waals surface area (Å²) in [5, 5.41) is 3.53. The number of allylic oxidation sites excluding steroid dienone is 1. The van der Waals surface area contributed by atoms with Crippen LogP contribution in [0.25, 0.3) is 0 Å². The highest BCUT2D eigenvalue weighted by Gasteiger charge is 2.01. The van der Waals surface area contributed by atoms with Crippen molar-refractivity contribution in [3.05, 3.63) is 46.3 Å². The average molecular weight is 270 g/mol. The molecule has 0 saturated carbocycles. The maximum absolute atomic E-state index is 13.3. The van der Waals surface area contributed by atoms with Crippen LogP contribution in [0.15, 0.2) is 29.8 Å². The number of hydrogen-bond donors (Lipinski definition) is 1. The molecule has 1 rings (SSSR count). The quantitative estimate of drug-likeness (QED) is 0.573. The van der Waals surface area contributed by atoms with Gasteiger partial charge in [0.15, 0.2) is 0 Å². The van der Waals surface area contributed by atoms with Crippen molar-refractivity contribution in [3.63, 3.8) is 0 Å². The molecule has 1 aromatic rings. The molecule has 100 valence electrons. The molecular weight excluding hydrogens is 249 g/mol. The fraction of sp³-hybridized carbons (Fsp3) is 0.467. The first-order valence-corrected chi connectivity index (χ1v) is 6.81. The summed E-state index contributed by atoms with van der Waals surface area (Å²) >= 11 is 5.65. The first kappa shape index (κ1) is 15.2. The van der Waals surface area contributed by atoms with Crippen LogP contribution in [0.5, 0.6) is 0 Å². The van der Waals surface area contributed by atoms with Gasteiger partial charge in [-0.2, -0.15) is 0 Å². The lowest BCUT2D eigenvalue weighted by Gasteiger charge is -2.04. The molecule has 0 bridgehead atoms. The Morgan fingerprint density at radius 1 is 1.39 bits per heavy atom.